The van der Waals surface area contributed by atoms with Gasteiger partial charge in [0, 0.05) is 32.8 Å². The number of halogens is 2. The number of methoxy groups -OCH3 is 1. The van der Waals surface area contributed by atoms with Crippen molar-refractivity contribution in [2.24, 2.45) is 0 Å². The third-order valence-electron chi connectivity index (χ3n) is 1.88. The second-order valence-corrected chi connectivity index (χ2v) is 3.15. The van der Waals surface area contributed by atoms with Crippen molar-refractivity contribution < 1.29 is 13.5 Å². The Morgan fingerprint density at radius 1 is 1.31 bits per heavy atom. The molecule has 16 heavy (non-hydrogen) atoms. The Morgan fingerprint density at radius 3 is 2.81 bits per heavy atom. The van der Waals surface area contributed by atoms with E-state index in [9.17, 15) is 8.78 Å². The maximum absolute atomic E-state index is 13.1. The van der Waals surface area contributed by atoms with Crippen LogP contribution in [0.3, 0.4) is 0 Å². The molecule has 0 radical (unpaired) electrons. The summed E-state index contributed by atoms with van der Waals surface area (Å²) < 4.78 is 30.4. The van der Waals surface area contributed by atoms with E-state index in [0.29, 0.717) is 19.7 Å². The van der Waals surface area contributed by atoms with Gasteiger partial charge >= 0.3 is 0 Å². The third kappa shape index (κ3) is 4.50. The SMILES string of the molecule is COCCNCCNc1ncc(F)cc1F. The van der Waals surface area contributed by atoms with Gasteiger partial charge in [-0.25, -0.2) is 13.8 Å². The number of hydrogen-bond donors (Lipinski definition) is 2. The molecule has 0 aliphatic rings. The van der Waals surface area contributed by atoms with Crippen molar-refractivity contribution in [3.05, 3.63) is 23.9 Å². The molecule has 90 valence electrons. The lowest BCUT2D eigenvalue weighted by molar-refractivity contribution is 0.200. The summed E-state index contributed by atoms with van der Waals surface area (Å²) in [4.78, 5) is 3.60. The molecule has 0 bridgehead atoms. The predicted molar refractivity (Wildman–Crippen MR) is 57.4 cm³/mol. The van der Waals surface area contributed by atoms with Gasteiger partial charge in [0.2, 0.25) is 0 Å². The van der Waals surface area contributed by atoms with Crippen LogP contribution in [0.25, 0.3) is 0 Å². The van der Waals surface area contributed by atoms with Gasteiger partial charge < -0.3 is 15.4 Å². The van der Waals surface area contributed by atoms with Crippen LogP contribution in [0.4, 0.5) is 14.6 Å². The van der Waals surface area contributed by atoms with Crippen molar-refractivity contribution in [3.63, 3.8) is 0 Å². The Labute approximate surface area is 93.0 Å². The Morgan fingerprint density at radius 2 is 2.12 bits per heavy atom. The summed E-state index contributed by atoms with van der Waals surface area (Å²) in [5.41, 5.74) is 0. The van der Waals surface area contributed by atoms with Gasteiger partial charge in [0.1, 0.15) is 5.82 Å². The molecule has 0 saturated heterocycles. The molecule has 0 aliphatic heterocycles. The van der Waals surface area contributed by atoms with Crippen LogP contribution in [-0.2, 0) is 4.74 Å². The number of anilines is 1. The highest BCUT2D eigenvalue weighted by atomic mass is 19.1. The van der Waals surface area contributed by atoms with Crippen LogP contribution in [0.5, 0.6) is 0 Å². The number of ether oxygens (including phenoxy) is 1. The quantitative estimate of drug-likeness (QED) is 0.687. The Hall–Kier alpha value is -1.27. The van der Waals surface area contributed by atoms with Crippen molar-refractivity contribution in [3.8, 4) is 0 Å². The summed E-state index contributed by atoms with van der Waals surface area (Å²) >= 11 is 0. The van der Waals surface area contributed by atoms with Gasteiger partial charge in [-0.1, -0.05) is 0 Å². The van der Waals surface area contributed by atoms with E-state index in [1.54, 1.807) is 7.11 Å². The van der Waals surface area contributed by atoms with Gasteiger partial charge in [0.15, 0.2) is 11.6 Å². The second kappa shape index (κ2) is 7.08. The third-order valence-corrected chi connectivity index (χ3v) is 1.88. The Balaban J connectivity index is 2.21. The average molecular weight is 231 g/mol. The normalized spacial score (nSPS) is 10.4. The number of rotatable bonds is 7. The van der Waals surface area contributed by atoms with E-state index in [2.05, 4.69) is 15.6 Å². The minimum atomic E-state index is -0.683. The topological polar surface area (TPSA) is 46.2 Å². The van der Waals surface area contributed by atoms with Crippen molar-refractivity contribution >= 4 is 5.82 Å². The number of hydrogen-bond acceptors (Lipinski definition) is 4. The molecule has 1 aromatic rings. The zero-order chi connectivity index (χ0) is 11.8. The summed E-state index contributed by atoms with van der Waals surface area (Å²) in [6, 6.07) is 0.799. The second-order valence-electron chi connectivity index (χ2n) is 3.15. The summed E-state index contributed by atoms with van der Waals surface area (Å²) in [6.45, 7) is 2.53. The molecule has 2 N–H and O–H groups in total. The molecule has 0 atom stereocenters. The predicted octanol–water partition coefficient (Wildman–Crippen LogP) is 1.01. The number of pyridine rings is 1. The van der Waals surface area contributed by atoms with Gasteiger partial charge in [0.25, 0.3) is 0 Å². The highest BCUT2D eigenvalue weighted by molar-refractivity contribution is 5.35. The molecule has 0 saturated carbocycles. The van der Waals surface area contributed by atoms with E-state index < -0.39 is 11.6 Å². The smallest absolute Gasteiger partial charge is 0.168 e. The van der Waals surface area contributed by atoms with E-state index >= 15 is 0 Å². The van der Waals surface area contributed by atoms with Gasteiger partial charge in [-0.3, -0.25) is 0 Å². The van der Waals surface area contributed by atoms with E-state index in [1.807, 2.05) is 0 Å². The summed E-state index contributed by atoms with van der Waals surface area (Å²) in [6.07, 6.45) is 0.976. The van der Waals surface area contributed by atoms with Crippen molar-refractivity contribution in [2.45, 2.75) is 0 Å². The molecule has 0 aliphatic carbocycles. The fourth-order valence-electron chi connectivity index (χ4n) is 1.11. The zero-order valence-corrected chi connectivity index (χ0v) is 9.09. The van der Waals surface area contributed by atoms with Crippen LogP contribution in [0, 0.1) is 11.6 Å². The summed E-state index contributed by atoms with van der Waals surface area (Å²) in [5.74, 6) is -1.30. The monoisotopic (exact) mass is 231 g/mol. The highest BCUT2D eigenvalue weighted by Gasteiger charge is 2.03. The first kappa shape index (κ1) is 12.8. The lowest BCUT2D eigenvalue weighted by atomic mass is 10.4. The average Bonchev–Trinajstić information content (AvgIpc) is 2.26. The standard InChI is InChI=1S/C10H15F2N3O/c1-16-5-4-13-2-3-14-10-9(12)6-8(11)7-15-10/h6-7,13H,2-5H2,1H3,(H,14,15). The summed E-state index contributed by atoms with van der Waals surface area (Å²) in [5, 5.41) is 5.84. The van der Waals surface area contributed by atoms with Crippen LogP contribution >= 0.6 is 0 Å². The van der Waals surface area contributed by atoms with Crippen LogP contribution in [0.15, 0.2) is 12.3 Å². The minimum Gasteiger partial charge on any atom is -0.383 e. The van der Waals surface area contributed by atoms with Crippen LogP contribution in [-0.4, -0.2) is 38.3 Å². The van der Waals surface area contributed by atoms with Crippen LogP contribution in [0.2, 0.25) is 0 Å². The molecule has 0 spiro atoms. The Bertz CT molecular complexity index is 323. The van der Waals surface area contributed by atoms with E-state index in [0.717, 1.165) is 18.8 Å². The van der Waals surface area contributed by atoms with Crippen molar-refractivity contribution in [1.82, 2.24) is 10.3 Å². The summed E-state index contributed by atoms with van der Waals surface area (Å²) in [7, 11) is 1.62. The molecule has 1 aromatic heterocycles. The van der Waals surface area contributed by atoms with Gasteiger partial charge in [0.05, 0.1) is 12.8 Å². The first-order valence-electron chi connectivity index (χ1n) is 4.98. The van der Waals surface area contributed by atoms with E-state index in [1.165, 1.54) is 0 Å². The maximum Gasteiger partial charge on any atom is 0.168 e. The number of nitrogens with zero attached hydrogens (tertiary/aromatic N) is 1. The fraction of sp³-hybridized carbons (Fsp3) is 0.500. The molecule has 0 unspecified atom stereocenters. The van der Waals surface area contributed by atoms with E-state index in [-0.39, 0.29) is 5.82 Å². The molecule has 0 fully saturated rings. The first-order valence-corrected chi connectivity index (χ1v) is 4.98. The van der Waals surface area contributed by atoms with Crippen molar-refractivity contribution in [1.29, 1.82) is 0 Å². The number of nitrogens with one attached hydrogen (secondary N) is 2. The lowest BCUT2D eigenvalue weighted by Gasteiger charge is -2.07. The maximum atomic E-state index is 13.1. The van der Waals surface area contributed by atoms with Crippen molar-refractivity contribution in [2.75, 3.05) is 38.7 Å². The first-order chi connectivity index (χ1) is 7.74. The zero-order valence-electron chi connectivity index (χ0n) is 9.09. The van der Waals surface area contributed by atoms with Gasteiger partial charge in [-0.2, -0.15) is 0 Å². The molecule has 1 heterocycles. The minimum absolute atomic E-state index is 0.0648. The Kier molecular flexibility index (Phi) is 5.66. The molecule has 0 amide bonds. The molecule has 1 rings (SSSR count). The molecule has 6 heteroatoms. The van der Waals surface area contributed by atoms with Gasteiger partial charge in [-0.15, -0.1) is 0 Å². The largest absolute Gasteiger partial charge is 0.383 e. The lowest BCUT2D eigenvalue weighted by Crippen LogP contribution is -2.25. The molecule has 4 nitrogen and oxygen atoms in total. The fourth-order valence-corrected chi connectivity index (χ4v) is 1.11. The van der Waals surface area contributed by atoms with Gasteiger partial charge in [-0.05, 0) is 0 Å². The van der Waals surface area contributed by atoms with Crippen LogP contribution < -0.4 is 10.6 Å². The highest BCUT2D eigenvalue weighted by Crippen LogP contribution is 2.10. The molecular weight excluding hydrogens is 216 g/mol. The molecule has 0 aromatic carbocycles. The molecular formula is C10H15F2N3O. The number of aromatic nitrogens is 1. The van der Waals surface area contributed by atoms with Crippen LogP contribution in [0.1, 0.15) is 0 Å². The van der Waals surface area contributed by atoms with E-state index in [4.69, 9.17) is 4.74 Å².